The molecule has 2 heterocycles. The van der Waals surface area contributed by atoms with E-state index in [4.69, 9.17) is 4.74 Å². The number of nitrogens with zero attached hydrogens (tertiary/aromatic N) is 3. The fraction of sp³-hybridized carbons (Fsp3) is 0.591. The number of hydrogen-bond acceptors (Lipinski definition) is 5. The van der Waals surface area contributed by atoms with Crippen LogP contribution in [0.3, 0.4) is 0 Å². The first-order chi connectivity index (χ1) is 14.1. The van der Waals surface area contributed by atoms with Crippen molar-refractivity contribution in [3.63, 3.8) is 0 Å². The van der Waals surface area contributed by atoms with Crippen LogP contribution in [0.25, 0.3) is 0 Å². The lowest BCUT2D eigenvalue weighted by Crippen LogP contribution is -2.30. The molecule has 1 aromatic heterocycles. The Hall–Kier alpha value is -2.12. The van der Waals surface area contributed by atoms with Crippen LogP contribution in [0.15, 0.2) is 30.5 Å². The summed E-state index contributed by atoms with van der Waals surface area (Å²) in [5.41, 5.74) is 1.37. The summed E-state index contributed by atoms with van der Waals surface area (Å²) >= 11 is 0. The van der Waals surface area contributed by atoms with Crippen molar-refractivity contribution in [1.82, 2.24) is 25.6 Å². The summed E-state index contributed by atoms with van der Waals surface area (Å²) in [7, 11) is 0. The lowest BCUT2D eigenvalue weighted by Gasteiger charge is -2.23. The zero-order chi connectivity index (χ0) is 20.6. The second-order valence-corrected chi connectivity index (χ2v) is 8.11. The maximum atomic E-state index is 13.0. The third-order valence-corrected chi connectivity index (χ3v) is 5.19. The van der Waals surface area contributed by atoms with Gasteiger partial charge in [0.1, 0.15) is 5.75 Å². The molecule has 3 rings (SSSR count). The molecule has 0 spiro atoms. The van der Waals surface area contributed by atoms with Gasteiger partial charge in [-0.05, 0) is 50.8 Å². The van der Waals surface area contributed by atoms with Gasteiger partial charge in [-0.15, -0.1) is 17.5 Å². The summed E-state index contributed by atoms with van der Waals surface area (Å²) < 4.78 is 7.77. The van der Waals surface area contributed by atoms with Crippen molar-refractivity contribution in [1.29, 1.82) is 0 Å². The lowest BCUT2D eigenvalue weighted by molar-refractivity contribution is 0.0926. The summed E-state index contributed by atoms with van der Waals surface area (Å²) in [5, 5.41) is 14.9. The van der Waals surface area contributed by atoms with E-state index in [1.54, 1.807) is 6.20 Å². The van der Waals surface area contributed by atoms with Crippen LogP contribution in [0.4, 0.5) is 0 Å². The van der Waals surface area contributed by atoms with Gasteiger partial charge >= 0.3 is 0 Å². The van der Waals surface area contributed by atoms with Crippen LogP contribution in [0.2, 0.25) is 0 Å². The molecule has 1 fully saturated rings. The van der Waals surface area contributed by atoms with Gasteiger partial charge in [0.2, 0.25) is 0 Å². The van der Waals surface area contributed by atoms with E-state index in [0.717, 1.165) is 50.1 Å². The number of nitrogens with one attached hydrogen (secondary N) is 2. The predicted octanol–water partition coefficient (Wildman–Crippen LogP) is 3.93. The van der Waals surface area contributed by atoms with Crippen LogP contribution in [-0.2, 0) is 0 Å². The Morgan fingerprint density at radius 3 is 2.73 bits per heavy atom. The molecule has 1 aliphatic heterocycles. The third-order valence-electron chi connectivity index (χ3n) is 5.19. The maximum Gasteiger partial charge on any atom is 0.273 e. The number of ether oxygens (including phenoxy) is 1. The van der Waals surface area contributed by atoms with E-state index in [0.29, 0.717) is 24.3 Å². The molecule has 0 radical (unpaired) electrons. The fourth-order valence-corrected chi connectivity index (χ4v) is 3.71. The highest BCUT2D eigenvalue weighted by molar-refractivity contribution is 5.92. The zero-order valence-electron chi connectivity index (χ0n) is 18.1. The number of amides is 1. The lowest BCUT2D eigenvalue weighted by atomic mass is 9.96. The van der Waals surface area contributed by atoms with Crippen molar-refractivity contribution in [2.45, 2.75) is 58.5 Å². The Balaban J connectivity index is 0.00000320. The van der Waals surface area contributed by atoms with E-state index in [2.05, 4.69) is 41.7 Å². The molecule has 8 heteroatoms. The van der Waals surface area contributed by atoms with E-state index in [-0.39, 0.29) is 24.4 Å². The van der Waals surface area contributed by atoms with Crippen molar-refractivity contribution in [2.75, 3.05) is 19.7 Å². The van der Waals surface area contributed by atoms with Crippen LogP contribution >= 0.6 is 12.4 Å². The minimum Gasteiger partial charge on any atom is -0.493 e. The molecule has 2 aromatic rings. The average Bonchev–Trinajstić information content (AvgIpc) is 3.23. The van der Waals surface area contributed by atoms with Gasteiger partial charge in [0.05, 0.1) is 24.9 Å². The average molecular weight is 436 g/mol. The molecule has 1 aromatic carbocycles. The number of benzene rings is 1. The number of aromatic nitrogens is 3. The molecule has 30 heavy (non-hydrogen) atoms. The Morgan fingerprint density at radius 1 is 1.30 bits per heavy atom. The van der Waals surface area contributed by atoms with Gasteiger partial charge in [0.15, 0.2) is 5.69 Å². The Labute approximate surface area is 185 Å². The van der Waals surface area contributed by atoms with Crippen LogP contribution < -0.4 is 15.4 Å². The summed E-state index contributed by atoms with van der Waals surface area (Å²) in [5.74, 6) is 1.06. The van der Waals surface area contributed by atoms with Gasteiger partial charge in [-0.1, -0.05) is 44.2 Å². The molecule has 1 atom stereocenters. The van der Waals surface area contributed by atoms with Gasteiger partial charge in [0, 0.05) is 5.56 Å². The van der Waals surface area contributed by atoms with Crippen molar-refractivity contribution in [3.8, 4) is 5.75 Å². The van der Waals surface area contributed by atoms with Gasteiger partial charge in [-0.2, -0.15) is 0 Å². The largest absolute Gasteiger partial charge is 0.493 e. The molecule has 1 unspecified atom stereocenters. The minimum absolute atomic E-state index is 0. The molecule has 166 valence electrons. The van der Waals surface area contributed by atoms with Crippen molar-refractivity contribution in [2.24, 2.45) is 5.92 Å². The fourth-order valence-electron chi connectivity index (χ4n) is 3.71. The second kappa shape index (κ2) is 11.9. The number of halogens is 1. The first-order valence-electron chi connectivity index (χ1n) is 10.7. The molecular weight excluding hydrogens is 402 g/mol. The molecule has 1 amide bonds. The Morgan fingerprint density at radius 2 is 2.03 bits per heavy atom. The normalized spacial score (nSPS) is 15.5. The smallest absolute Gasteiger partial charge is 0.273 e. The van der Waals surface area contributed by atoms with Crippen molar-refractivity contribution >= 4 is 18.3 Å². The van der Waals surface area contributed by atoms with Gasteiger partial charge in [-0.25, -0.2) is 4.68 Å². The molecular formula is C22H34ClN5O2. The van der Waals surface area contributed by atoms with Crippen LogP contribution in [0.5, 0.6) is 5.75 Å². The molecule has 0 saturated carbocycles. The summed E-state index contributed by atoms with van der Waals surface area (Å²) in [6.45, 7) is 8.99. The van der Waals surface area contributed by atoms with Crippen molar-refractivity contribution in [3.05, 3.63) is 41.7 Å². The van der Waals surface area contributed by atoms with Gasteiger partial charge < -0.3 is 15.4 Å². The second-order valence-electron chi connectivity index (χ2n) is 8.11. The van der Waals surface area contributed by atoms with Crippen LogP contribution in [0.1, 0.15) is 74.6 Å². The summed E-state index contributed by atoms with van der Waals surface area (Å²) in [6, 6.07) is 8.12. The highest BCUT2D eigenvalue weighted by Gasteiger charge is 2.23. The van der Waals surface area contributed by atoms with E-state index < -0.39 is 0 Å². The minimum atomic E-state index is -0.193. The van der Waals surface area contributed by atoms with Crippen molar-refractivity contribution < 1.29 is 9.53 Å². The number of carbonyl (C=O) groups is 1. The van der Waals surface area contributed by atoms with Gasteiger partial charge in [0.25, 0.3) is 5.91 Å². The number of para-hydroxylation sites is 1. The highest BCUT2D eigenvalue weighted by Crippen LogP contribution is 2.30. The van der Waals surface area contributed by atoms with Crippen LogP contribution in [0, 0.1) is 5.92 Å². The summed E-state index contributed by atoms with van der Waals surface area (Å²) in [6.07, 6.45) is 5.54. The molecule has 1 aliphatic rings. The monoisotopic (exact) mass is 435 g/mol. The van der Waals surface area contributed by atoms with Gasteiger partial charge in [-0.3, -0.25) is 4.79 Å². The van der Waals surface area contributed by atoms with E-state index in [1.165, 1.54) is 0 Å². The van der Waals surface area contributed by atoms with Crippen LogP contribution in [-0.4, -0.2) is 40.6 Å². The quantitative estimate of drug-likeness (QED) is 0.623. The maximum absolute atomic E-state index is 13.0. The number of rotatable bonds is 9. The van der Waals surface area contributed by atoms with E-state index >= 15 is 0 Å². The Bertz CT molecular complexity index is 789. The first-order valence-corrected chi connectivity index (χ1v) is 10.7. The van der Waals surface area contributed by atoms with E-state index in [1.807, 2.05) is 28.9 Å². The standard InChI is InChI=1S/C22H33N5O2.ClH/c1-4-13-29-21-8-6-5-7-18(21)19(14-16(2)3)24-22(28)20-15-27(26-25-20)17-9-11-23-12-10-17;/h5-8,15-17,19,23H,4,9-14H2,1-3H3,(H,24,28);1H. The predicted molar refractivity (Wildman–Crippen MR) is 120 cm³/mol. The highest BCUT2D eigenvalue weighted by atomic mass is 35.5. The molecule has 1 saturated heterocycles. The zero-order valence-corrected chi connectivity index (χ0v) is 19.0. The number of carbonyl (C=O) groups excluding carboxylic acids is 1. The SMILES string of the molecule is CCCOc1ccccc1C(CC(C)C)NC(=O)c1cn(C2CCNCC2)nn1.Cl. The van der Waals surface area contributed by atoms with E-state index in [9.17, 15) is 4.79 Å². The molecule has 0 aliphatic carbocycles. The topological polar surface area (TPSA) is 81.1 Å². The molecule has 2 N–H and O–H groups in total. The number of hydrogen-bond donors (Lipinski definition) is 2. The first kappa shape index (κ1) is 24.2. The molecule has 7 nitrogen and oxygen atoms in total. The third kappa shape index (κ3) is 6.44. The Kier molecular flexibility index (Phi) is 9.59. The molecule has 0 bridgehead atoms. The summed E-state index contributed by atoms with van der Waals surface area (Å²) in [4.78, 5) is 13.0. The number of piperidine rings is 1.